The van der Waals surface area contributed by atoms with E-state index in [0.717, 1.165) is 32.0 Å². The van der Waals surface area contributed by atoms with E-state index in [2.05, 4.69) is 49.4 Å². The Labute approximate surface area is 176 Å². The van der Waals surface area contributed by atoms with Crippen molar-refractivity contribution in [3.05, 3.63) is 73.1 Å². The summed E-state index contributed by atoms with van der Waals surface area (Å²) in [5, 5.41) is 2.82. The van der Waals surface area contributed by atoms with Gasteiger partial charge in [-0.05, 0) is 31.2 Å². The minimum Gasteiger partial charge on any atom is -0.481 e. The molecule has 1 aliphatic heterocycles. The molecule has 30 heavy (non-hydrogen) atoms. The topological polar surface area (TPSA) is 70.6 Å². The van der Waals surface area contributed by atoms with Gasteiger partial charge >= 0.3 is 0 Å². The summed E-state index contributed by atoms with van der Waals surface area (Å²) in [6.45, 7) is 5.25. The fourth-order valence-corrected chi connectivity index (χ4v) is 3.41. The number of nitrogens with zero attached hydrogens (tertiary/aromatic N) is 4. The number of hydrogen-bond donors (Lipinski definition) is 1. The van der Waals surface area contributed by atoms with Gasteiger partial charge in [0.15, 0.2) is 6.10 Å². The third-order valence-electron chi connectivity index (χ3n) is 5.05. The number of nitrogens with one attached hydrogen (secondary N) is 1. The van der Waals surface area contributed by atoms with Crippen molar-refractivity contribution in [3.63, 3.8) is 0 Å². The van der Waals surface area contributed by atoms with Crippen molar-refractivity contribution in [1.82, 2.24) is 9.97 Å². The Balaban J connectivity index is 1.34. The van der Waals surface area contributed by atoms with Crippen molar-refractivity contribution >= 4 is 23.2 Å². The predicted octanol–water partition coefficient (Wildman–Crippen LogP) is 3.21. The molecule has 4 rings (SSSR count). The molecule has 154 valence electrons. The largest absolute Gasteiger partial charge is 0.481 e. The maximum absolute atomic E-state index is 12.5. The Morgan fingerprint density at radius 3 is 2.27 bits per heavy atom. The molecule has 1 saturated heterocycles. The number of para-hydroxylation sites is 2. The van der Waals surface area contributed by atoms with Gasteiger partial charge in [-0.3, -0.25) is 4.79 Å². The molecule has 1 aliphatic rings. The van der Waals surface area contributed by atoms with E-state index in [1.165, 1.54) is 12.0 Å². The summed E-state index contributed by atoms with van der Waals surface area (Å²) in [6.07, 6.45) is 0.845. The molecule has 1 amide bonds. The van der Waals surface area contributed by atoms with Crippen LogP contribution in [-0.4, -0.2) is 48.2 Å². The molecule has 7 nitrogen and oxygen atoms in total. The van der Waals surface area contributed by atoms with Gasteiger partial charge in [0.05, 0.1) is 0 Å². The fourth-order valence-electron chi connectivity index (χ4n) is 3.41. The smallest absolute Gasteiger partial charge is 0.266 e. The Morgan fingerprint density at radius 1 is 0.933 bits per heavy atom. The van der Waals surface area contributed by atoms with E-state index in [4.69, 9.17) is 4.74 Å². The van der Waals surface area contributed by atoms with Crippen LogP contribution in [0.4, 0.5) is 17.3 Å². The third kappa shape index (κ3) is 4.86. The van der Waals surface area contributed by atoms with E-state index in [9.17, 15) is 4.79 Å². The van der Waals surface area contributed by atoms with E-state index in [1.807, 2.05) is 42.5 Å². The second-order valence-corrected chi connectivity index (χ2v) is 7.13. The van der Waals surface area contributed by atoms with Crippen molar-refractivity contribution in [2.45, 2.75) is 13.0 Å². The zero-order valence-electron chi connectivity index (χ0n) is 16.9. The standard InChI is InChI=1S/C23H25N5O2/c1-18(30-20-10-6-3-7-11-20)23(29)26-21-16-22(25-17-24-21)28-14-12-27(13-15-28)19-8-4-2-5-9-19/h2-11,16-18H,12-15H2,1H3,(H,24,25,26,29). The van der Waals surface area contributed by atoms with Crippen molar-refractivity contribution in [1.29, 1.82) is 0 Å². The zero-order valence-corrected chi connectivity index (χ0v) is 16.9. The number of carbonyl (C=O) groups is 1. The Morgan fingerprint density at radius 2 is 1.57 bits per heavy atom. The number of ether oxygens (including phenoxy) is 1. The molecule has 1 unspecified atom stereocenters. The third-order valence-corrected chi connectivity index (χ3v) is 5.05. The molecule has 3 aromatic rings. The number of anilines is 3. The minimum absolute atomic E-state index is 0.252. The maximum Gasteiger partial charge on any atom is 0.266 e. The monoisotopic (exact) mass is 403 g/mol. The first-order valence-corrected chi connectivity index (χ1v) is 10.1. The molecule has 2 aromatic carbocycles. The van der Waals surface area contributed by atoms with Gasteiger partial charge in [-0.2, -0.15) is 0 Å². The van der Waals surface area contributed by atoms with E-state index < -0.39 is 6.10 Å². The number of rotatable bonds is 6. The zero-order chi connectivity index (χ0) is 20.8. The number of piperazine rings is 1. The number of carbonyl (C=O) groups excluding carboxylic acids is 1. The lowest BCUT2D eigenvalue weighted by Gasteiger charge is -2.36. The Kier molecular flexibility index (Phi) is 6.08. The van der Waals surface area contributed by atoms with Gasteiger partial charge < -0.3 is 19.9 Å². The van der Waals surface area contributed by atoms with Gasteiger partial charge in [0.1, 0.15) is 23.7 Å². The maximum atomic E-state index is 12.5. The van der Waals surface area contributed by atoms with Gasteiger partial charge in [0, 0.05) is 37.9 Å². The van der Waals surface area contributed by atoms with Crippen LogP contribution < -0.4 is 19.9 Å². The average Bonchev–Trinajstić information content (AvgIpc) is 2.80. The number of benzene rings is 2. The number of aromatic nitrogens is 2. The Hall–Kier alpha value is -3.61. The molecular weight excluding hydrogens is 378 g/mol. The van der Waals surface area contributed by atoms with Crippen molar-refractivity contribution in [3.8, 4) is 5.75 Å². The highest BCUT2D eigenvalue weighted by Crippen LogP contribution is 2.20. The van der Waals surface area contributed by atoms with Crippen LogP contribution in [0.1, 0.15) is 6.92 Å². The molecular formula is C23H25N5O2. The normalized spacial score (nSPS) is 14.8. The van der Waals surface area contributed by atoms with Crippen molar-refractivity contribution in [2.75, 3.05) is 41.3 Å². The molecule has 0 aliphatic carbocycles. The van der Waals surface area contributed by atoms with Gasteiger partial charge in [0.2, 0.25) is 0 Å². The molecule has 0 radical (unpaired) electrons. The molecule has 0 saturated carbocycles. The predicted molar refractivity (Wildman–Crippen MR) is 118 cm³/mol. The van der Waals surface area contributed by atoms with Crippen LogP contribution in [-0.2, 0) is 4.79 Å². The summed E-state index contributed by atoms with van der Waals surface area (Å²) in [5.74, 6) is 1.68. The van der Waals surface area contributed by atoms with Gasteiger partial charge in [0.25, 0.3) is 5.91 Å². The summed E-state index contributed by atoms with van der Waals surface area (Å²) in [4.78, 5) is 25.6. The fraction of sp³-hybridized carbons (Fsp3) is 0.261. The molecule has 1 fully saturated rings. The van der Waals surface area contributed by atoms with Crippen LogP contribution >= 0.6 is 0 Å². The lowest BCUT2D eigenvalue weighted by atomic mass is 10.2. The molecule has 1 aromatic heterocycles. The van der Waals surface area contributed by atoms with Crippen molar-refractivity contribution < 1.29 is 9.53 Å². The SMILES string of the molecule is CC(Oc1ccccc1)C(=O)Nc1cc(N2CCN(c3ccccc3)CC2)ncn1. The van der Waals surface area contributed by atoms with Crippen molar-refractivity contribution in [2.24, 2.45) is 0 Å². The van der Waals surface area contributed by atoms with E-state index in [0.29, 0.717) is 11.6 Å². The molecule has 1 atom stereocenters. The number of hydrogen-bond acceptors (Lipinski definition) is 6. The summed E-state index contributed by atoms with van der Waals surface area (Å²) in [7, 11) is 0. The highest BCUT2D eigenvalue weighted by atomic mass is 16.5. The van der Waals surface area contributed by atoms with Crippen LogP contribution in [0, 0.1) is 0 Å². The van der Waals surface area contributed by atoms with E-state index in [-0.39, 0.29) is 5.91 Å². The second kappa shape index (κ2) is 9.26. The Bertz CT molecular complexity index is 960. The molecule has 2 heterocycles. The van der Waals surface area contributed by atoms with E-state index >= 15 is 0 Å². The first-order valence-electron chi connectivity index (χ1n) is 10.1. The van der Waals surface area contributed by atoms with Gasteiger partial charge in [-0.1, -0.05) is 36.4 Å². The lowest BCUT2D eigenvalue weighted by molar-refractivity contribution is -0.122. The van der Waals surface area contributed by atoms with Crippen LogP contribution in [0.15, 0.2) is 73.1 Å². The summed E-state index contributed by atoms with van der Waals surface area (Å²) in [6, 6.07) is 21.5. The van der Waals surface area contributed by atoms with Crippen LogP contribution in [0.2, 0.25) is 0 Å². The highest BCUT2D eigenvalue weighted by Gasteiger charge is 2.20. The number of amides is 1. The first kappa shape index (κ1) is 19.7. The summed E-state index contributed by atoms with van der Waals surface area (Å²) in [5.41, 5.74) is 1.24. The summed E-state index contributed by atoms with van der Waals surface area (Å²) < 4.78 is 5.68. The highest BCUT2D eigenvalue weighted by molar-refractivity contribution is 5.93. The first-order chi connectivity index (χ1) is 14.7. The lowest BCUT2D eigenvalue weighted by Crippen LogP contribution is -2.46. The van der Waals surface area contributed by atoms with Crippen LogP contribution in [0.5, 0.6) is 5.75 Å². The summed E-state index contributed by atoms with van der Waals surface area (Å²) >= 11 is 0. The quantitative estimate of drug-likeness (QED) is 0.682. The van der Waals surface area contributed by atoms with Crippen LogP contribution in [0.25, 0.3) is 0 Å². The second-order valence-electron chi connectivity index (χ2n) is 7.13. The van der Waals surface area contributed by atoms with Gasteiger partial charge in [-0.15, -0.1) is 0 Å². The molecule has 1 N–H and O–H groups in total. The van der Waals surface area contributed by atoms with Crippen LogP contribution in [0.3, 0.4) is 0 Å². The minimum atomic E-state index is -0.639. The van der Waals surface area contributed by atoms with Gasteiger partial charge in [-0.25, -0.2) is 9.97 Å². The molecule has 0 spiro atoms. The average molecular weight is 403 g/mol. The molecule has 7 heteroatoms. The van der Waals surface area contributed by atoms with E-state index in [1.54, 1.807) is 6.92 Å². The molecule has 0 bridgehead atoms.